The average molecular weight is 366 g/mol. The number of carbonyl (C=O) groups excluding carboxylic acids is 2. The Bertz CT molecular complexity index is 787. The molecule has 134 valence electrons. The Labute approximate surface area is 158 Å². The standard InChI is InChI=1S/C21H22N2O2S/c24-20(22-12-15-6-7-15)19-13-26-14-23(19)21(25)18-10-8-17(9-11-18)16-4-2-1-3-5-16/h1-5,8-11,15,19H,6-7,12-14H2,(H,22,24). The van der Waals surface area contributed by atoms with Crippen LogP contribution in [0.15, 0.2) is 54.6 Å². The molecular formula is C21H22N2O2S. The summed E-state index contributed by atoms with van der Waals surface area (Å²) in [5.41, 5.74) is 2.84. The number of carbonyl (C=O) groups is 2. The average Bonchev–Trinajstić information content (AvgIpc) is 3.40. The second-order valence-electron chi connectivity index (χ2n) is 6.92. The Hall–Kier alpha value is -2.27. The molecule has 1 aliphatic heterocycles. The maximum absolute atomic E-state index is 12.9. The van der Waals surface area contributed by atoms with Crippen LogP contribution in [0.25, 0.3) is 11.1 Å². The molecule has 1 atom stereocenters. The van der Waals surface area contributed by atoms with Crippen LogP contribution in [-0.2, 0) is 4.79 Å². The van der Waals surface area contributed by atoms with Gasteiger partial charge in [-0.05, 0) is 42.0 Å². The summed E-state index contributed by atoms with van der Waals surface area (Å²) in [7, 11) is 0. The molecule has 1 saturated carbocycles. The van der Waals surface area contributed by atoms with Gasteiger partial charge in [-0.15, -0.1) is 11.8 Å². The van der Waals surface area contributed by atoms with Crippen molar-refractivity contribution in [2.45, 2.75) is 18.9 Å². The molecule has 4 rings (SSSR count). The monoisotopic (exact) mass is 366 g/mol. The Morgan fingerprint density at radius 1 is 1.00 bits per heavy atom. The van der Waals surface area contributed by atoms with E-state index in [0.717, 1.165) is 17.7 Å². The summed E-state index contributed by atoms with van der Waals surface area (Å²) in [6.45, 7) is 0.744. The van der Waals surface area contributed by atoms with Gasteiger partial charge < -0.3 is 10.2 Å². The SMILES string of the molecule is O=C(NCC1CC1)C1CSCN1C(=O)c1ccc(-c2ccccc2)cc1. The molecule has 2 amide bonds. The first kappa shape index (κ1) is 17.2. The fraction of sp³-hybridized carbons (Fsp3) is 0.333. The summed E-state index contributed by atoms with van der Waals surface area (Å²) in [5.74, 6) is 1.80. The third-order valence-corrected chi connectivity index (χ3v) is 5.96. The summed E-state index contributed by atoms with van der Waals surface area (Å²) in [4.78, 5) is 27.0. The van der Waals surface area contributed by atoms with Crippen LogP contribution in [0.3, 0.4) is 0 Å². The van der Waals surface area contributed by atoms with Crippen LogP contribution < -0.4 is 5.32 Å². The molecule has 26 heavy (non-hydrogen) atoms. The van der Waals surface area contributed by atoms with Gasteiger partial charge in [-0.3, -0.25) is 9.59 Å². The minimum absolute atomic E-state index is 0.0174. The van der Waals surface area contributed by atoms with Crippen molar-refractivity contribution < 1.29 is 9.59 Å². The number of benzene rings is 2. The minimum Gasteiger partial charge on any atom is -0.354 e. The van der Waals surface area contributed by atoms with Crippen molar-refractivity contribution >= 4 is 23.6 Å². The lowest BCUT2D eigenvalue weighted by molar-refractivity contribution is -0.124. The Morgan fingerprint density at radius 2 is 1.69 bits per heavy atom. The van der Waals surface area contributed by atoms with E-state index in [2.05, 4.69) is 5.32 Å². The molecule has 2 aliphatic rings. The first-order valence-electron chi connectivity index (χ1n) is 9.04. The van der Waals surface area contributed by atoms with Gasteiger partial charge in [-0.2, -0.15) is 0 Å². The largest absolute Gasteiger partial charge is 0.354 e. The Balaban J connectivity index is 1.44. The van der Waals surface area contributed by atoms with Crippen LogP contribution in [0, 0.1) is 5.92 Å². The Kier molecular flexibility index (Phi) is 4.98. The number of thioether (sulfide) groups is 1. The maximum atomic E-state index is 12.9. The lowest BCUT2D eigenvalue weighted by Crippen LogP contribution is -2.47. The predicted octanol–water partition coefficient (Wildman–Crippen LogP) is 3.39. The van der Waals surface area contributed by atoms with E-state index in [9.17, 15) is 9.59 Å². The highest BCUT2D eigenvalue weighted by Gasteiger charge is 2.35. The van der Waals surface area contributed by atoms with Crippen molar-refractivity contribution in [3.8, 4) is 11.1 Å². The van der Waals surface area contributed by atoms with E-state index in [1.54, 1.807) is 16.7 Å². The molecule has 0 spiro atoms. The zero-order valence-electron chi connectivity index (χ0n) is 14.6. The first-order valence-corrected chi connectivity index (χ1v) is 10.2. The first-order chi connectivity index (χ1) is 12.7. The van der Waals surface area contributed by atoms with Crippen molar-refractivity contribution in [2.75, 3.05) is 18.2 Å². The highest BCUT2D eigenvalue weighted by molar-refractivity contribution is 7.99. The zero-order valence-corrected chi connectivity index (χ0v) is 15.4. The van der Waals surface area contributed by atoms with Crippen molar-refractivity contribution in [1.29, 1.82) is 0 Å². The molecule has 4 nitrogen and oxygen atoms in total. The Morgan fingerprint density at radius 3 is 2.38 bits per heavy atom. The van der Waals surface area contributed by atoms with E-state index < -0.39 is 0 Å². The van der Waals surface area contributed by atoms with Crippen LogP contribution in [0.1, 0.15) is 23.2 Å². The number of rotatable bonds is 5. The van der Waals surface area contributed by atoms with Crippen LogP contribution in [0.4, 0.5) is 0 Å². The smallest absolute Gasteiger partial charge is 0.255 e. The fourth-order valence-electron chi connectivity index (χ4n) is 3.15. The number of hydrogen-bond donors (Lipinski definition) is 1. The van der Waals surface area contributed by atoms with E-state index >= 15 is 0 Å². The molecule has 1 saturated heterocycles. The van der Waals surface area contributed by atoms with Gasteiger partial charge in [0, 0.05) is 17.9 Å². The highest BCUT2D eigenvalue weighted by atomic mass is 32.2. The summed E-state index contributed by atoms with van der Waals surface area (Å²) in [6.07, 6.45) is 2.41. The summed E-state index contributed by atoms with van der Waals surface area (Å²) < 4.78 is 0. The maximum Gasteiger partial charge on any atom is 0.255 e. The molecule has 0 bridgehead atoms. The van der Waals surface area contributed by atoms with Crippen molar-refractivity contribution in [3.05, 3.63) is 60.2 Å². The van der Waals surface area contributed by atoms with Gasteiger partial charge in [0.2, 0.25) is 5.91 Å². The van der Waals surface area contributed by atoms with Gasteiger partial charge in [0.05, 0.1) is 5.88 Å². The van der Waals surface area contributed by atoms with E-state index in [4.69, 9.17) is 0 Å². The quantitative estimate of drug-likeness (QED) is 0.882. The van der Waals surface area contributed by atoms with Gasteiger partial charge in [-0.25, -0.2) is 0 Å². The summed E-state index contributed by atoms with van der Waals surface area (Å²) in [5, 5.41) is 3.01. The van der Waals surface area contributed by atoms with Crippen molar-refractivity contribution in [1.82, 2.24) is 10.2 Å². The molecule has 5 heteroatoms. The number of nitrogens with zero attached hydrogens (tertiary/aromatic N) is 1. The normalized spacial score (nSPS) is 19.4. The van der Waals surface area contributed by atoms with E-state index in [1.807, 2.05) is 54.6 Å². The molecule has 0 radical (unpaired) electrons. The second-order valence-corrected chi connectivity index (χ2v) is 7.92. The molecule has 1 aliphatic carbocycles. The van der Waals surface area contributed by atoms with Crippen molar-refractivity contribution in [3.63, 3.8) is 0 Å². The van der Waals surface area contributed by atoms with Gasteiger partial charge >= 0.3 is 0 Å². The van der Waals surface area contributed by atoms with Crippen molar-refractivity contribution in [2.24, 2.45) is 5.92 Å². The lowest BCUT2D eigenvalue weighted by atomic mass is 10.0. The topological polar surface area (TPSA) is 49.4 Å². The third-order valence-electron chi connectivity index (χ3n) is 4.95. The molecule has 0 aromatic heterocycles. The molecule has 2 aromatic carbocycles. The molecule has 1 unspecified atom stereocenters. The fourth-order valence-corrected chi connectivity index (χ4v) is 4.30. The van der Waals surface area contributed by atoms with E-state index in [-0.39, 0.29) is 17.9 Å². The minimum atomic E-state index is -0.361. The molecule has 2 fully saturated rings. The predicted molar refractivity (Wildman–Crippen MR) is 105 cm³/mol. The van der Waals surface area contributed by atoms with Crippen LogP contribution >= 0.6 is 11.8 Å². The van der Waals surface area contributed by atoms with Gasteiger partial charge in [0.15, 0.2) is 0 Å². The van der Waals surface area contributed by atoms with E-state index in [1.165, 1.54) is 12.8 Å². The lowest BCUT2D eigenvalue weighted by Gasteiger charge is -2.23. The summed E-state index contributed by atoms with van der Waals surface area (Å²) >= 11 is 1.64. The second kappa shape index (κ2) is 7.54. The molecule has 1 heterocycles. The molecule has 1 N–H and O–H groups in total. The van der Waals surface area contributed by atoms with Gasteiger partial charge in [-0.1, -0.05) is 42.5 Å². The number of hydrogen-bond acceptors (Lipinski definition) is 3. The zero-order chi connectivity index (χ0) is 17.9. The van der Waals surface area contributed by atoms with Crippen LogP contribution in [0.5, 0.6) is 0 Å². The van der Waals surface area contributed by atoms with Gasteiger partial charge in [0.25, 0.3) is 5.91 Å². The number of nitrogens with one attached hydrogen (secondary N) is 1. The highest BCUT2D eigenvalue weighted by Crippen LogP contribution is 2.28. The van der Waals surface area contributed by atoms with Crippen LogP contribution in [-0.4, -0.2) is 40.9 Å². The van der Waals surface area contributed by atoms with Crippen LogP contribution in [0.2, 0.25) is 0 Å². The third kappa shape index (κ3) is 3.78. The van der Waals surface area contributed by atoms with Gasteiger partial charge in [0.1, 0.15) is 6.04 Å². The van der Waals surface area contributed by atoms with E-state index in [0.29, 0.717) is 23.1 Å². The molecular weight excluding hydrogens is 344 g/mol. The molecule has 2 aromatic rings. The number of amides is 2. The summed E-state index contributed by atoms with van der Waals surface area (Å²) in [6, 6.07) is 17.4.